The first-order chi connectivity index (χ1) is 19.0. The molecule has 1 unspecified atom stereocenters. The van der Waals surface area contributed by atoms with Gasteiger partial charge in [0.2, 0.25) is 5.78 Å². The Morgan fingerprint density at radius 1 is 1.23 bits per heavy atom. The number of fused-ring (bicyclic) bond motifs is 1. The monoisotopic (exact) mass is 546 g/mol. The van der Waals surface area contributed by atoms with Crippen molar-refractivity contribution in [2.75, 3.05) is 13.2 Å². The number of aliphatic hydroxyl groups is 1. The number of guanidine groups is 1. The highest BCUT2D eigenvalue weighted by molar-refractivity contribution is 5.98. The van der Waals surface area contributed by atoms with Crippen LogP contribution in [0.2, 0.25) is 0 Å². The Labute approximate surface area is 231 Å². The van der Waals surface area contributed by atoms with E-state index in [1.165, 1.54) is 6.20 Å². The number of nitrogens with zero attached hydrogens (tertiary/aromatic N) is 5. The van der Waals surface area contributed by atoms with Crippen molar-refractivity contribution in [2.45, 2.75) is 75.2 Å². The van der Waals surface area contributed by atoms with Gasteiger partial charge in [0.1, 0.15) is 23.4 Å². The van der Waals surface area contributed by atoms with Crippen molar-refractivity contribution in [1.29, 1.82) is 0 Å². The van der Waals surface area contributed by atoms with E-state index in [0.717, 1.165) is 12.0 Å². The van der Waals surface area contributed by atoms with E-state index in [1.807, 2.05) is 12.1 Å². The summed E-state index contributed by atoms with van der Waals surface area (Å²) in [6.07, 6.45) is 1.49. The number of carbonyl (C=O) groups excluding carboxylic acids is 2. The average Bonchev–Trinajstić information content (AvgIpc) is 3.40. The fourth-order valence-electron chi connectivity index (χ4n) is 6.62. The molecule has 1 aromatic carbocycles. The molecule has 0 radical (unpaired) electrons. The number of para-hydroxylation sites is 1. The number of rotatable bonds is 5. The Kier molecular flexibility index (Phi) is 6.06. The molecular weight excluding hydrogens is 512 g/mol. The standard InChI is InChI=1S/C28H34N8O4/c1-14-7-9-31-24(32-14)19(37)11-17-22-28(12-20(29)35-22)23(38)18(13-36(28)26(30)34-17)33-25(39)15-5-4-6-16-21(15)40-10-8-27(16,2)3/h4-7,9,17-18,22-23,38H,8,10-13H2,1-3H3,(H2,29,35)(H2,30,34)(H,33,39)/t17-,18?,22-,23+,28-/m0/s1. The molecular formula is C28H34N8O4. The maximum Gasteiger partial charge on any atom is 0.255 e. The van der Waals surface area contributed by atoms with E-state index in [-0.39, 0.29) is 48.3 Å². The van der Waals surface area contributed by atoms with Gasteiger partial charge in [0.05, 0.1) is 30.1 Å². The maximum absolute atomic E-state index is 13.6. The molecule has 2 aromatic rings. The first-order valence-corrected chi connectivity index (χ1v) is 13.5. The van der Waals surface area contributed by atoms with Crippen LogP contribution in [-0.4, -0.2) is 86.4 Å². The number of carbonyl (C=O) groups is 2. The van der Waals surface area contributed by atoms with Gasteiger partial charge in [-0.2, -0.15) is 0 Å². The average molecular weight is 547 g/mol. The number of hydrogen-bond acceptors (Lipinski definition) is 11. The zero-order chi connectivity index (χ0) is 28.4. The second kappa shape index (κ2) is 9.26. The predicted octanol–water partition coefficient (Wildman–Crippen LogP) is 0.458. The molecule has 4 aliphatic rings. The number of nitrogens with two attached hydrogens (primary N) is 2. The fourth-order valence-corrected chi connectivity index (χ4v) is 6.62. The zero-order valence-corrected chi connectivity index (χ0v) is 22.8. The Morgan fingerprint density at radius 3 is 2.80 bits per heavy atom. The van der Waals surface area contributed by atoms with Crippen LogP contribution in [0.15, 0.2) is 40.4 Å². The number of amidine groups is 1. The topological polar surface area (TPSA) is 181 Å². The third-order valence-electron chi connectivity index (χ3n) is 8.71. The van der Waals surface area contributed by atoms with E-state index >= 15 is 0 Å². The molecule has 12 heteroatoms. The van der Waals surface area contributed by atoms with Crippen molar-refractivity contribution in [3.63, 3.8) is 0 Å². The third-order valence-corrected chi connectivity index (χ3v) is 8.71. The molecule has 0 saturated carbocycles. The van der Waals surface area contributed by atoms with Crippen molar-refractivity contribution in [1.82, 2.24) is 20.2 Å². The number of ketones is 1. The zero-order valence-electron chi connectivity index (χ0n) is 22.8. The van der Waals surface area contributed by atoms with Crippen molar-refractivity contribution in [3.05, 3.63) is 53.1 Å². The number of amides is 1. The van der Waals surface area contributed by atoms with Crippen LogP contribution in [0.1, 0.15) is 65.3 Å². The number of aromatic nitrogens is 2. The van der Waals surface area contributed by atoms with E-state index in [0.29, 0.717) is 29.4 Å². The van der Waals surface area contributed by atoms with Gasteiger partial charge in [-0.25, -0.2) is 15.0 Å². The molecule has 1 spiro atoms. The summed E-state index contributed by atoms with van der Waals surface area (Å²) in [5.74, 6) is 0.517. The van der Waals surface area contributed by atoms with Crippen LogP contribution in [-0.2, 0) is 5.41 Å². The molecule has 210 valence electrons. The van der Waals surface area contributed by atoms with Crippen molar-refractivity contribution in [3.8, 4) is 5.75 Å². The quantitative estimate of drug-likeness (QED) is 0.387. The van der Waals surface area contributed by atoms with Crippen LogP contribution in [0, 0.1) is 6.92 Å². The van der Waals surface area contributed by atoms with E-state index < -0.39 is 29.8 Å². The number of aliphatic hydroxyl groups excluding tert-OH is 1. The molecule has 4 aliphatic heterocycles. The number of aryl methyl sites for hydroxylation is 1. The highest BCUT2D eigenvalue weighted by atomic mass is 16.5. The van der Waals surface area contributed by atoms with Gasteiger partial charge in [-0.3, -0.25) is 14.6 Å². The molecule has 6 rings (SSSR count). The Morgan fingerprint density at radius 2 is 2.02 bits per heavy atom. The molecule has 0 bridgehead atoms. The Hall–Kier alpha value is -4.06. The van der Waals surface area contributed by atoms with Crippen molar-refractivity contribution in [2.24, 2.45) is 21.5 Å². The molecule has 0 aliphatic carbocycles. The molecule has 1 aromatic heterocycles. The minimum atomic E-state index is -1.08. The summed E-state index contributed by atoms with van der Waals surface area (Å²) >= 11 is 0. The number of ether oxygens (including phenoxy) is 1. The number of benzene rings is 1. The lowest BCUT2D eigenvalue weighted by molar-refractivity contribution is 0.0274. The van der Waals surface area contributed by atoms with Gasteiger partial charge in [0, 0.05) is 36.8 Å². The smallest absolute Gasteiger partial charge is 0.255 e. The minimum absolute atomic E-state index is 0.0474. The van der Waals surface area contributed by atoms with Gasteiger partial charge in [0.15, 0.2) is 11.8 Å². The van der Waals surface area contributed by atoms with Crippen LogP contribution in [0.3, 0.4) is 0 Å². The summed E-state index contributed by atoms with van der Waals surface area (Å²) in [5, 5.41) is 14.8. The molecule has 12 nitrogen and oxygen atoms in total. The van der Waals surface area contributed by atoms with E-state index in [1.54, 1.807) is 24.0 Å². The summed E-state index contributed by atoms with van der Waals surface area (Å²) in [4.78, 5) is 46.0. The molecule has 1 saturated heterocycles. The Balaban J connectivity index is 1.27. The lowest BCUT2D eigenvalue weighted by Crippen LogP contribution is -2.66. The van der Waals surface area contributed by atoms with E-state index in [4.69, 9.17) is 16.2 Å². The summed E-state index contributed by atoms with van der Waals surface area (Å²) in [7, 11) is 0. The summed E-state index contributed by atoms with van der Waals surface area (Å²) in [6, 6.07) is 5.28. The summed E-state index contributed by atoms with van der Waals surface area (Å²) < 4.78 is 5.94. The molecule has 5 heterocycles. The van der Waals surface area contributed by atoms with E-state index in [2.05, 4.69) is 39.1 Å². The highest BCUT2D eigenvalue weighted by Crippen LogP contribution is 2.46. The molecule has 1 fully saturated rings. The Bertz CT molecular complexity index is 1460. The van der Waals surface area contributed by atoms with Gasteiger partial charge >= 0.3 is 0 Å². The lowest BCUT2D eigenvalue weighted by Gasteiger charge is -2.46. The summed E-state index contributed by atoms with van der Waals surface area (Å²) in [5.41, 5.74) is 13.6. The van der Waals surface area contributed by atoms with Crippen LogP contribution in [0.5, 0.6) is 5.75 Å². The normalized spacial score (nSPS) is 29.9. The third kappa shape index (κ3) is 4.00. The van der Waals surface area contributed by atoms with Gasteiger partial charge < -0.3 is 31.5 Å². The number of aliphatic imine (C=N–C) groups is 2. The molecule has 40 heavy (non-hydrogen) atoms. The van der Waals surface area contributed by atoms with Crippen LogP contribution >= 0.6 is 0 Å². The van der Waals surface area contributed by atoms with Gasteiger partial charge in [0.25, 0.3) is 5.91 Å². The van der Waals surface area contributed by atoms with Crippen molar-refractivity contribution < 1.29 is 19.4 Å². The van der Waals surface area contributed by atoms with Crippen LogP contribution in [0.4, 0.5) is 0 Å². The van der Waals surface area contributed by atoms with Gasteiger partial charge in [-0.15, -0.1) is 0 Å². The number of nitrogens with one attached hydrogen (secondary N) is 1. The molecule has 1 amide bonds. The predicted molar refractivity (Wildman–Crippen MR) is 147 cm³/mol. The van der Waals surface area contributed by atoms with Crippen LogP contribution < -0.4 is 21.5 Å². The SMILES string of the molecule is Cc1ccnc(C(=O)C[C@@H]2N=C(N)N3CC(NC(=O)c4cccc5c4OCCC5(C)C)[C@@H](O)[C@@]34CC(N)=N[C@@H]24)n1. The first-order valence-electron chi connectivity index (χ1n) is 13.5. The highest BCUT2D eigenvalue weighted by Gasteiger charge is 2.65. The second-order valence-electron chi connectivity index (χ2n) is 11.7. The fraction of sp³-hybridized carbons (Fsp3) is 0.500. The van der Waals surface area contributed by atoms with E-state index in [9.17, 15) is 14.7 Å². The minimum Gasteiger partial charge on any atom is -0.492 e. The summed E-state index contributed by atoms with van der Waals surface area (Å²) in [6.45, 7) is 6.78. The van der Waals surface area contributed by atoms with Crippen molar-refractivity contribution >= 4 is 23.5 Å². The second-order valence-corrected chi connectivity index (χ2v) is 11.7. The first kappa shape index (κ1) is 26.2. The molecule has 6 N–H and O–H groups in total. The number of hydrogen-bond donors (Lipinski definition) is 4. The van der Waals surface area contributed by atoms with Gasteiger partial charge in [-0.1, -0.05) is 26.0 Å². The lowest BCUT2D eigenvalue weighted by atomic mass is 9.77. The van der Waals surface area contributed by atoms with Crippen LogP contribution in [0.25, 0.3) is 0 Å². The number of Topliss-reactive ketones (excluding diaryl/α,β-unsaturated/α-hetero) is 1. The molecule has 5 atom stereocenters. The maximum atomic E-state index is 13.6. The van der Waals surface area contributed by atoms with Gasteiger partial charge in [-0.05, 0) is 30.9 Å². The largest absolute Gasteiger partial charge is 0.492 e.